The van der Waals surface area contributed by atoms with E-state index < -0.39 is 0 Å². The van der Waals surface area contributed by atoms with E-state index >= 15 is 0 Å². The summed E-state index contributed by atoms with van der Waals surface area (Å²) < 4.78 is 1.57. The predicted molar refractivity (Wildman–Crippen MR) is 122 cm³/mol. The fourth-order valence-electron chi connectivity index (χ4n) is 3.59. The SMILES string of the molecule is O=c1c2c(-c3cccc4ccccc34)csc2ncn1Cc1c(Cl)cccc1Cl. The van der Waals surface area contributed by atoms with Gasteiger partial charge in [0.25, 0.3) is 5.56 Å². The largest absolute Gasteiger partial charge is 0.294 e. The molecule has 29 heavy (non-hydrogen) atoms. The molecule has 0 radical (unpaired) electrons. The molecular weight excluding hydrogens is 423 g/mol. The monoisotopic (exact) mass is 436 g/mol. The van der Waals surface area contributed by atoms with E-state index in [0.717, 1.165) is 26.7 Å². The van der Waals surface area contributed by atoms with Gasteiger partial charge >= 0.3 is 0 Å². The fourth-order valence-corrected chi connectivity index (χ4v) is 5.01. The molecule has 5 aromatic rings. The molecule has 0 saturated heterocycles. The predicted octanol–water partition coefficient (Wildman–Crippen LogP) is 6.63. The van der Waals surface area contributed by atoms with Gasteiger partial charge in [-0.05, 0) is 28.5 Å². The molecule has 0 aliphatic heterocycles. The smallest absolute Gasteiger partial charge is 0.263 e. The van der Waals surface area contributed by atoms with Crippen molar-refractivity contribution in [2.24, 2.45) is 0 Å². The summed E-state index contributed by atoms with van der Waals surface area (Å²) in [5.74, 6) is 0. The Morgan fingerprint density at radius 3 is 2.45 bits per heavy atom. The van der Waals surface area contributed by atoms with Gasteiger partial charge in [0, 0.05) is 26.6 Å². The second kappa shape index (κ2) is 7.30. The average Bonchev–Trinajstić information content (AvgIpc) is 3.17. The van der Waals surface area contributed by atoms with Crippen LogP contribution in [0, 0.1) is 0 Å². The second-order valence-corrected chi connectivity index (χ2v) is 8.41. The third-order valence-electron chi connectivity index (χ3n) is 5.03. The van der Waals surface area contributed by atoms with Gasteiger partial charge < -0.3 is 0 Å². The van der Waals surface area contributed by atoms with Crippen molar-refractivity contribution in [1.82, 2.24) is 9.55 Å². The first-order valence-corrected chi connectivity index (χ1v) is 10.6. The summed E-state index contributed by atoms with van der Waals surface area (Å²) in [5, 5.41) is 5.94. The van der Waals surface area contributed by atoms with Gasteiger partial charge in [-0.2, -0.15) is 0 Å². The van der Waals surface area contributed by atoms with E-state index in [4.69, 9.17) is 23.2 Å². The van der Waals surface area contributed by atoms with Crippen LogP contribution in [0.4, 0.5) is 0 Å². The second-order valence-electron chi connectivity index (χ2n) is 6.73. The first kappa shape index (κ1) is 18.4. The molecule has 0 unspecified atom stereocenters. The Morgan fingerprint density at radius 2 is 1.62 bits per heavy atom. The highest BCUT2D eigenvalue weighted by Crippen LogP contribution is 2.35. The Morgan fingerprint density at radius 1 is 0.897 bits per heavy atom. The zero-order valence-corrected chi connectivity index (χ0v) is 17.4. The Hall–Kier alpha value is -2.66. The van der Waals surface area contributed by atoms with Crippen molar-refractivity contribution in [3.05, 3.63) is 98.3 Å². The molecule has 0 aliphatic carbocycles. The molecule has 6 heteroatoms. The first-order valence-electron chi connectivity index (χ1n) is 9.01. The number of hydrogen-bond donors (Lipinski definition) is 0. The van der Waals surface area contributed by atoms with Crippen LogP contribution in [0.15, 0.2) is 77.2 Å². The Bertz CT molecular complexity index is 1410. The topological polar surface area (TPSA) is 34.9 Å². The lowest BCUT2D eigenvalue weighted by atomic mass is 9.99. The fraction of sp³-hybridized carbons (Fsp3) is 0.0435. The minimum Gasteiger partial charge on any atom is -0.294 e. The molecule has 0 fully saturated rings. The lowest BCUT2D eigenvalue weighted by Crippen LogP contribution is -2.21. The zero-order chi connectivity index (χ0) is 20.0. The minimum atomic E-state index is -0.102. The lowest BCUT2D eigenvalue weighted by molar-refractivity contribution is 0.750. The maximum absolute atomic E-state index is 13.4. The van der Waals surface area contributed by atoms with E-state index in [1.807, 2.05) is 29.6 Å². The summed E-state index contributed by atoms with van der Waals surface area (Å²) in [4.78, 5) is 18.6. The van der Waals surface area contributed by atoms with E-state index in [9.17, 15) is 4.79 Å². The summed E-state index contributed by atoms with van der Waals surface area (Å²) in [6, 6.07) is 19.6. The third kappa shape index (κ3) is 3.14. The molecule has 3 aromatic carbocycles. The summed E-state index contributed by atoms with van der Waals surface area (Å²) in [5.41, 5.74) is 2.54. The van der Waals surface area contributed by atoms with Gasteiger partial charge in [-0.25, -0.2) is 4.98 Å². The van der Waals surface area contributed by atoms with Crippen molar-refractivity contribution < 1.29 is 0 Å². The zero-order valence-electron chi connectivity index (χ0n) is 15.1. The normalized spacial score (nSPS) is 11.4. The van der Waals surface area contributed by atoms with Crippen molar-refractivity contribution in [2.45, 2.75) is 6.54 Å². The summed E-state index contributed by atoms with van der Waals surface area (Å²) >= 11 is 14.1. The molecule has 0 saturated carbocycles. The quantitative estimate of drug-likeness (QED) is 0.317. The van der Waals surface area contributed by atoms with Gasteiger partial charge in [-0.1, -0.05) is 71.7 Å². The molecule has 2 heterocycles. The summed E-state index contributed by atoms with van der Waals surface area (Å²) in [7, 11) is 0. The van der Waals surface area contributed by atoms with Gasteiger partial charge in [0.05, 0.1) is 18.3 Å². The Balaban J connectivity index is 1.72. The third-order valence-corrected chi connectivity index (χ3v) is 6.63. The van der Waals surface area contributed by atoms with E-state index in [-0.39, 0.29) is 12.1 Å². The van der Waals surface area contributed by atoms with Crippen LogP contribution in [0.1, 0.15) is 5.56 Å². The van der Waals surface area contributed by atoms with Crippen molar-refractivity contribution in [2.75, 3.05) is 0 Å². The number of hydrogen-bond acceptors (Lipinski definition) is 3. The molecule has 0 atom stereocenters. The van der Waals surface area contributed by atoms with Crippen LogP contribution in [0.25, 0.3) is 32.1 Å². The van der Waals surface area contributed by atoms with Crippen LogP contribution in [0.3, 0.4) is 0 Å². The molecule has 2 aromatic heterocycles. The molecule has 0 aliphatic rings. The number of aromatic nitrogens is 2. The summed E-state index contributed by atoms with van der Waals surface area (Å²) in [6.45, 7) is 0.269. The van der Waals surface area contributed by atoms with Crippen LogP contribution in [-0.4, -0.2) is 9.55 Å². The highest BCUT2D eigenvalue weighted by Gasteiger charge is 2.16. The lowest BCUT2D eigenvalue weighted by Gasteiger charge is -2.10. The number of nitrogens with zero attached hydrogens (tertiary/aromatic N) is 2. The number of halogens is 2. The van der Waals surface area contributed by atoms with Crippen molar-refractivity contribution in [3.8, 4) is 11.1 Å². The summed E-state index contributed by atoms with van der Waals surface area (Å²) in [6.07, 6.45) is 1.56. The molecule has 0 amide bonds. The van der Waals surface area contributed by atoms with E-state index in [0.29, 0.717) is 21.0 Å². The van der Waals surface area contributed by atoms with Gasteiger partial charge in [-0.3, -0.25) is 9.36 Å². The van der Waals surface area contributed by atoms with Gasteiger partial charge in [0.2, 0.25) is 0 Å². The minimum absolute atomic E-state index is 0.102. The van der Waals surface area contributed by atoms with Crippen LogP contribution < -0.4 is 5.56 Å². The number of rotatable bonds is 3. The van der Waals surface area contributed by atoms with Crippen LogP contribution in [0.5, 0.6) is 0 Å². The van der Waals surface area contributed by atoms with Crippen LogP contribution in [-0.2, 0) is 6.54 Å². The maximum atomic E-state index is 13.4. The van der Waals surface area contributed by atoms with Crippen LogP contribution >= 0.6 is 34.5 Å². The van der Waals surface area contributed by atoms with E-state index in [1.54, 1.807) is 29.1 Å². The van der Waals surface area contributed by atoms with Gasteiger partial charge in [-0.15, -0.1) is 11.3 Å². The molecule has 142 valence electrons. The first-order chi connectivity index (χ1) is 14.1. The van der Waals surface area contributed by atoms with Crippen molar-refractivity contribution >= 4 is 55.5 Å². The van der Waals surface area contributed by atoms with E-state index in [1.165, 1.54) is 11.3 Å². The van der Waals surface area contributed by atoms with Gasteiger partial charge in [0.1, 0.15) is 4.83 Å². The van der Waals surface area contributed by atoms with Gasteiger partial charge in [0.15, 0.2) is 0 Å². The highest BCUT2D eigenvalue weighted by atomic mass is 35.5. The Kier molecular flexibility index (Phi) is 4.63. The standard InChI is InChI=1S/C23H14Cl2N2OS/c24-19-9-4-10-20(25)17(19)11-27-13-26-22-21(23(27)28)18(12-29-22)16-8-3-6-14-5-1-2-7-15(14)16/h1-10,12-13H,11H2. The van der Waals surface area contributed by atoms with Crippen LogP contribution in [0.2, 0.25) is 10.0 Å². The Labute approximate surface area is 180 Å². The molecule has 0 bridgehead atoms. The molecule has 0 N–H and O–H groups in total. The number of thiophene rings is 1. The molecule has 3 nitrogen and oxygen atoms in total. The van der Waals surface area contributed by atoms with E-state index in [2.05, 4.69) is 23.2 Å². The van der Waals surface area contributed by atoms with Crippen molar-refractivity contribution in [3.63, 3.8) is 0 Å². The molecule has 0 spiro atoms. The highest BCUT2D eigenvalue weighted by molar-refractivity contribution is 7.17. The number of fused-ring (bicyclic) bond motifs is 2. The molecular formula is C23H14Cl2N2OS. The number of benzene rings is 3. The van der Waals surface area contributed by atoms with Crippen molar-refractivity contribution in [1.29, 1.82) is 0 Å². The average molecular weight is 437 g/mol. The maximum Gasteiger partial charge on any atom is 0.263 e. The molecule has 5 rings (SSSR count).